The average Bonchev–Trinajstić information content (AvgIpc) is 2.40. The molecule has 0 fully saturated rings. The van der Waals surface area contributed by atoms with Crippen LogP contribution in [0.15, 0.2) is 48.6 Å². The van der Waals surface area contributed by atoms with Crippen LogP contribution in [0.1, 0.15) is 12.0 Å². The summed E-state index contributed by atoms with van der Waals surface area (Å²) >= 11 is 8.83. The first kappa shape index (κ1) is 11.9. The summed E-state index contributed by atoms with van der Waals surface area (Å²) in [5.41, 5.74) is 2.73. The Labute approximate surface area is 108 Å². The molecule has 0 aliphatic heterocycles. The molecule has 2 heteroatoms. The minimum atomic E-state index is 0.143. The van der Waals surface area contributed by atoms with Gasteiger partial charge in [-0.2, -0.15) is 25.3 Å². The van der Waals surface area contributed by atoms with Gasteiger partial charge in [0.05, 0.1) is 0 Å². The number of hydrogen-bond donors (Lipinski definition) is 2. The lowest BCUT2D eigenvalue weighted by Gasteiger charge is -2.28. The van der Waals surface area contributed by atoms with Crippen LogP contribution in [0.2, 0.25) is 0 Å². The average molecular weight is 248 g/mol. The van der Waals surface area contributed by atoms with Crippen molar-refractivity contribution in [3.8, 4) is 0 Å². The Balaban J connectivity index is 2.20. The Morgan fingerprint density at radius 1 is 1.06 bits per heavy atom. The van der Waals surface area contributed by atoms with Crippen molar-refractivity contribution < 1.29 is 0 Å². The third-order valence-corrected chi connectivity index (χ3v) is 4.34. The highest BCUT2D eigenvalue weighted by atomic mass is 32.1. The standard InChI is InChI=1S/C14H16S2/c15-10-14(11-16)8-6-13(7-9-14)12-4-2-1-3-5-12/h1-8,15-16H,9-11H2. The Kier molecular flexibility index (Phi) is 3.82. The van der Waals surface area contributed by atoms with Gasteiger partial charge in [-0.1, -0.05) is 48.6 Å². The quantitative estimate of drug-likeness (QED) is 0.745. The molecule has 0 unspecified atom stereocenters. The zero-order chi connectivity index (χ0) is 11.4. The van der Waals surface area contributed by atoms with Crippen molar-refractivity contribution in [2.45, 2.75) is 6.42 Å². The molecule has 0 heterocycles. The van der Waals surface area contributed by atoms with Crippen molar-refractivity contribution in [2.75, 3.05) is 11.5 Å². The highest BCUT2D eigenvalue weighted by molar-refractivity contribution is 7.81. The fourth-order valence-corrected chi connectivity index (χ4v) is 2.71. The van der Waals surface area contributed by atoms with Crippen LogP contribution < -0.4 is 0 Å². The van der Waals surface area contributed by atoms with Crippen molar-refractivity contribution >= 4 is 30.8 Å². The number of thiol groups is 2. The molecule has 1 aromatic carbocycles. The second kappa shape index (κ2) is 5.15. The summed E-state index contributed by atoms with van der Waals surface area (Å²) in [5.74, 6) is 1.71. The highest BCUT2D eigenvalue weighted by Crippen LogP contribution is 2.34. The van der Waals surface area contributed by atoms with Gasteiger partial charge in [0.2, 0.25) is 0 Å². The Morgan fingerprint density at radius 3 is 2.25 bits per heavy atom. The zero-order valence-corrected chi connectivity index (χ0v) is 10.9. The summed E-state index contributed by atoms with van der Waals surface area (Å²) in [5, 5.41) is 0. The van der Waals surface area contributed by atoms with Gasteiger partial charge in [0, 0.05) is 16.9 Å². The van der Waals surface area contributed by atoms with Crippen molar-refractivity contribution in [1.29, 1.82) is 0 Å². The van der Waals surface area contributed by atoms with Crippen LogP contribution in [-0.4, -0.2) is 11.5 Å². The second-order valence-electron chi connectivity index (χ2n) is 4.24. The van der Waals surface area contributed by atoms with Crippen molar-refractivity contribution in [3.05, 3.63) is 54.1 Å². The maximum atomic E-state index is 4.42. The molecule has 0 amide bonds. The van der Waals surface area contributed by atoms with Gasteiger partial charge in [-0.05, 0) is 17.6 Å². The second-order valence-corrected chi connectivity index (χ2v) is 4.87. The molecule has 0 bridgehead atoms. The molecular formula is C14H16S2. The molecular weight excluding hydrogens is 232 g/mol. The predicted molar refractivity (Wildman–Crippen MR) is 78.3 cm³/mol. The van der Waals surface area contributed by atoms with E-state index in [2.05, 4.69) is 67.8 Å². The number of hydrogen-bond acceptors (Lipinski definition) is 2. The Bertz CT molecular complexity index is 400. The molecule has 0 atom stereocenters. The first-order valence-electron chi connectivity index (χ1n) is 5.46. The van der Waals surface area contributed by atoms with Gasteiger partial charge in [0.1, 0.15) is 0 Å². The fraction of sp³-hybridized carbons (Fsp3) is 0.286. The zero-order valence-electron chi connectivity index (χ0n) is 9.13. The molecule has 84 valence electrons. The predicted octanol–water partition coefficient (Wildman–Crippen LogP) is 3.88. The largest absolute Gasteiger partial charge is 0.178 e. The number of benzene rings is 1. The van der Waals surface area contributed by atoms with Gasteiger partial charge in [-0.3, -0.25) is 0 Å². The minimum absolute atomic E-state index is 0.143. The lowest BCUT2D eigenvalue weighted by Crippen LogP contribution is -2.23. The minimum Gasteiger partial charge on any atom is -0.178 e. The maximum Gasteiger partial charge on any atom is 0.00959 e. The molecule has 0 radical (unpaired) electrons. The van der Waals surface area contributed by atoms with Gasteiger partial charge in [0.25, 0.3) is 0 Å². The van der Waals surface area contributed by atoms with Gasteiger partial charge < -0.3 is 0 Å². The molecule has 0 saturated carbocycles. The van der Waals surface area contributed by atoms with E-state index in [9.17, 15) is 0 Å². The SMILES string of the molecule is SCC1(CS)C=CC(c2ccccc2)=CC1. The maximum absolute atomic E-state index is 4.42. The van der Waals surface area contributed by atoms with Crippen molar-refractivity contribution in [2.24, 2.45) is 5.41 Å². The normalized spacial score (nSPS) is 18.2. The van der Waals surface area contributed by atoms with E-state index in [1.807, 2.05) is 6.07 Å². The van der Waals surface area contributed by atoms with Gasteiger partial charge in [-0.25, -0.2) is 0 Å². The van der Waals surface area contributed by atoms with E-state index in [1.54, 1.807) is 0 Å². The Morgan fingerprint density at radius 2 is 1.75 bits per heavy atom. The molecule has 0 nitrogen and oxygen atoms in total. The van der Waals surface area contributed by atoms with Crippen LogP contribution in [0.3, 0.4) is 0 Å². The topological polar surface area (TPSA) is 0 Å². The molecule has 2 rings (SSSR count). The summed E-state index contributed by atoms with van der Waals surface area (Å²) in [6.45, 7) is 0. The van der Waals surface area contributed by atoms with Gasteiger partial charge in [0.15, 0.2) is 0 Å². The molecule has 0 N–H and O–H groups in total. The Hall–Kier alpha value is -0.600. The van der Waals surface area contributed by atoms with E-state index in [0.29, 0.717) is 0 Å². The summed E-state index contributed by atoms with van der Waals surface area (Å²) < 4.78 is 0. The van der Waals surface area contributed by atoms with Crippen molar-refractivity contribution in [3.63, 3.8) is 0 Å². The molecule has 16 heavy (non-hydrogen) atoms. The van der Waals surface area contributed by atoms with E-state index >= 15 is 0 Å². The summed E-state index contributed by atoms with van der Waals surface area (Å²) in [7, 11) is 0. The first-order chi connectivity index (χ1) is 7.79. The molecule has 1 aromatic rings. The smallest absolute Gasteiger partial charge is 0.00959 e. The van der Waals surface area contributed by atoms with E-state index in [0.717, 1.165) is 17.9 Å². The lowest BCUT2D eigenvalue weighted by atomic mass is 9.82. The van der Waals surface area contributed by atoms with Crippen LogP contribution in [0.5, 0.6) is 0 Å². The highest BCUT2D eigenvalue weighted by Gasteiger charge is 2.25. The van der Waals surface area contributed by atoms with Crippen LogP contribution in [0.25, 0.3) is 5.57 Å². The van der Waals surface area contributed by atoms with E-state index < -0.39 is 0 Å². The van der Waals surface area contributed by atoms with E-state index in [1.165, 1.54) is 11.1 Å². The molecule has 0 saturated heterocycles. The van der Waals surface area contributed by atoms with E-state index in [-0.39, 0.29) is 5.41 Å². The van der Waals surface area contributed by atoms with E-state index in [4.69, 9.17) is 0 Å². The van der Waals surface area contributed by atoms with Gasteiger partial charge in [-0.15, -0.1) is 0 Å². The van der Waals surface area contributed by atoms with Crippen LogP contribution in [0, 0.1) is 5.41 Å². The summed E-state index contributed by atoms with van der Waals surface area (Å²) in [6, 6.07) is 10.5. The van der Waals surface area contributed by atoms with Crippen LogP contribution in [-0.2, 0) is 0 Å². The summed E-state index contributed by atoms with van der Waals surface area (Å²) in [6.07, 6.45) is 7.78. The number of allylic oxidation sites excluding steroid dienone is 4. The fourth-order valence-electron chi connectivity index (χ4n) is 1.85. The lowest BCUT2D eigenvalue weighted by molar-refractivity contribution is 0.511. The monoisotopic (exact) mass is 248 g/mol. The van der Waals surface area contributed by atoms with Gasteiger partial charge >= 0.3 is 0 Å². The third kappa shape index (κ3) is 2.38. The first-order valence-corrected chi connectivity index (χ1v) is 6.73. The van der Waals surface area contributed by atoms with Crippen LogP contribution >= 0.6 is 25.3 Å². The third-order valence-electron chi connectivity index (χ3n) is 3.08. The number of rotatable bonds is 3. The molecule has 0 aromatic heterocycles. The van der Waals surface area contributed by atoms with Crippen molar-refractivity contribution in [1.82, 2.24) is 0 Å². The molecule has 1 aliphatic carbocycles. The van der Waals surface area contributed by atoms with Crippen LogP contribution in [0.4, 0.5) is 0 Å². The molecule has 0 spiro atoms. The summed E-state index contributed by atoms with van der Waals surface area (Å²) in [4.78, 5) is 0. The molecule has 1 aliphatic rings.